The Hall–Kier alpha value is -0.570. The number of hydrogen-bond donors (Lipinski definition) is 1. The van der Waals surface area contributed by atoms with Crippen LogP contribution in [-0.2, 0) is 9.53 Å². The average Bonchev–Trinajstić information content (AvgIpc) is 2.82. The molecule has 8 atom stereocenters. The highest BCUT2D eigenvalue weighted by atomic mass is 16.5. The third kappa shape index (κ3) is 2.23. The first-order valence-corrected chi connectivity index (χ1v) is 10.8. The van der Waals surface area contributed by atoms with Crippen LogP contribution in [0.3, 0.4) is 0 Å². The van der Waals surface area contributed by atoms with Crippen LogP contribution >= 0.6 is 0 Å². The van der Waals surface area contributed by atoms with Gasteiger partial charge in [0, 0.05) is 0 Å². The summed E-state index contributed by atoms with van der Waals surface area (Å²) >= 11 is 0. The van der Waals surface area contributed by atoms with Gasteiger partial charge >= 0.3 is 5.97 Å². The molecule has 4 fully saturated rings. The summed E-state index contributed by atoms with van der Waals surface area (Å²) in [5.74, 6) is 2.30. The van der Waals surface area contributed by atoms with E-state index < -0.39 is 11.5 Å². The molecule has 0 aromatic rings. The number of carbonyl (C=O) groups is 1. The van der Waals surface area contributed by atoms with Crippen LogP contribution in [-0.4, -0.2) is 23.3 Å². The van der Waals surface area contributed by atoms with Gasteiger partial charge in [-0.1, -0.05) is 47.0 Å². The standard InChI is InChI=1S/C22H36O3/c1-5-15-12-21-10-6-7-18(21)22(21,19(15)23)20(24)25-17-11-14(4)8-9-16(17)13(2)3/h13-19,23H,5-12H2,1-4H3/t14-,15-,16?,17-,18+,19+,21+,22?/m1/s1. The molecule has 142 valence electrons. The number of esters is 1. The highest BCUT2D eigenvalue weighted by Gasteiger charge is 2.88. The van der Waals surface area contributed by atoms with Gasteiger partial charge in [0.1, 0.15) is 11.5 Å². The molecule has 4 aliphatic rings. The first-order valence-electron chi connectivity index (χ1n) is 10.8. The molecule has 0 aromatic carbocycles. The molecular weight excluding hydrogens is 312 g/mol. The van der Waals surface area contributed by atoms with E-state index in [1.54, 1.807) is 0 Å². The molecule has 1 spiro atoms. The summed E-state index contributed by atoms with van der Waals surface area (Å²) in [5.41, 5.74) is -0.466. The fourth-order valence-corrected chi connectivity index (χ4v) is 7.40. The summed E-state index contributed by atoms with van der Waals surface area (Å²) in [4.78, 5) is 13.4. The first-order chi connectivity index (χ1) is 11.9. The van der Waals surface area contributed by atoms with Crippen LogP contribution in [0.25, 0.3) is 0 Å². The summed E-state index contributed by atoms with van der Waals surface area (Å²) in [5, 5.41) is 11.1. The second-order valence-electron chi connectivity index (χ2n) is 10.1. The van der Waals surface area contributed by atoms with Crippen molar-refractivity contribution in [3.63, 3.8) is 0 Å². The number of fused-ring (bicyclic) bond motifs is 1. The Labute approximate surface area is 152 Å². The van der Waals surface area contributed by atoms with Gasteiger partial charge in [0.2, 0.25) is 0 Å². The van der Waals surface area contributed by atoms with Crippen LogP contribution < -0.4 is 0 Å². The predicted octanol–water partition coefficient (Wildman–Crippen LogP) is 4.57. The zero-order valence-electron chi connectivity index (χ0n) is 16.5. The Balaban J connectivity index is 1.56. The van der Waals surface area contributed by atoms with E-state index in [2.05, 4.69) is 27.7 Å². The van der Waals surface area contributed by atoms with E-state index in [9.17, 15) is 9.90 Å². The Bertz CT molecular complexity index is 543. The van der Waals surface area contributed by atoms with Crippen LogP contribution in [0.2, 0.25) is 0 Å². The molecule has 0 aromatic heterocycles. The van der Waals surface area contributed by atoms with Crippen LogP contribution in [0.5, 0.6) is 0 Å². The summed E-state index contributed by atoms with van der Waals surface area (Å²) < 4.78 is 6.26. The molecule has 2 unspecified atom stereocenters. The van der Waals surface area contributed by atoms with Gasteiger partial charge in [-0.05, 0) is 67.1 Å². The van der Waals surface area contributed by atoms with Crippen LogP contribution in [0.4, 0.5) is 0 Å². The molecule has 0 heterocycles. The fraction of sp³-hybridized carbons (Fsp3) is 0.955. The van der Waals surface area contributed by atoms with Crippen molar-refractivity contribution in [3.8, 4) is 0 Å². The molecule has 0 aliphatic heterocycles. The number of carbonyl (C=O) groups excluding carboxylic acids is 1. The molecule has 3 nitrogen and oxygen atoms in total. The molecule has 3 heteroatoms. The van der Waals surface area contributed by atoms with E-state index >= 15 is 0 Å². The van der Waals surface area contributed by atoms with E-state index in [-0.39, 0.29) is 23.4 Å². The van der Waals surface area contributed by atoms with Crippen molar-refractivity contribution in [2.45, 2.75) is 91.3 Å². The van der Waals surface area contributed by atoms with Crippen molar-refractivity contribution in [1.29, 1.82) is 0 Å². The highest BCUT2D eigenvalue weighted by molar-refractivity contribution is 5.85. The number of hydrogen-bond acceptors (Lipinski definition) is 3. The number of aliphatic hydroxyl groups is 1. The summed E-state index contributed by atoms with van der Waals surface area (Å²) in [6, 6.07) is 0. The van der Waals surface area contributed by atoms with Gasteiger partial charge in [0.25, 0.3) is 0 Å². The molecule has 0 bridgehead atoms. The minimum Gasteiger partial charge on any atom is -0.462 e. The van der Waals surface area contributed by atoms with Gasteiger partial charge in [0.15, 0.2) is 0 Å². The Morgan fingerprint density at radius 1 is 1.28 bits per heavy atom. The lowest BCUT2D eigenvalue weighted by atomic mass is 9.75. The fourth-order valence-electron chi connectivity index (χ4n) is 7.40. The number of rotatable bonds is 4. The second kappa shape index (κ2) is 5.97. The van der Waals surface area contributed by atoms with E-state index in [0.717, 1.165) is 32.1 Å². The smallest absolute Gasteiger partial charge is 0.315 e. The van der Waals surface area contributed by atoms with Crippen molar-refractivity contribution in [2.75, 3.05) is 0 Å². The molecule has 4 aliphatic carbocycles. The van der Waals surface area contributed by atoms with Gasteiger partial charge in [0.05, 0.1) is 6.10 Å². The van der Waals surface area contributed by atoms with E-state index in [4.69, 9.17) is 4.74 Å². The predicted molar refractivity (Wildman–Crippen MR) is 97.8 cm³/mol. The van der Waals surface area contributed by atoms with Crippen molar-refractivity contribution >= 4 is 5.97 Å². The van der Waals surface area contributed by atoms with Crippen LogP contribution in [0.1, 0.15) is 79.1 Å². The van der Waals surface area contributed by atoms with E-state index in [0.29, 0.717) is 23.7 Å². The van der Waals surface area contributed by atoms with Gasteiger partial charge in [-0.3, -0.25) is 4.79 Å². The Morgan fingerprint density at radius 3 is 2.72 bits per heavy atom. The molecule has 0 amide bonds. The maximum atomic E-state index is 13.4. The van der Waals surface area contributed by atoms with Crippen molar-refractivity contribution in [3.05, 3.63) is 0 Å². The SMILES string of the molecule is CC[C@@H]1C[C@@]23CCC[C@@H]2C3(C(=O)O[C@@H]2C[C@H](C)CCC2C(C)C)[C@H]1O. The monoisotopic (exact) mass is 348 g/mol. The maximum absolute atomic E-state index is 13.4. The summed E-state index contributed by atoms with van der Waals surface area (Å²) in [6.45, 7) is 8.94. The Morgan fingerprint density at radius 2 is 2.04 bits per heavy atom. The molecule has 0 saturated heterocycles. The maximum Gasteiger partial charge on any atom is 0.315 e. The van der Waals surface area contributed by atoms with Crippen molar-refractivity contribution in [2.24, 2.45) is 40.4 Å². The van der Waals surface area contributed by atoms with E-state index in [1.165, 1.54) is 19.3 Å². The number of aliphatic hydroxyl groups excluding tert-OH is 1. The third-order valence-corrected chi connectivity index (χ3v) is 8.69. The lowest BCUT2D eigenvalue weighted by Gasteiger charge is -2.38. The largest absolute Gasteiger partial charge is 0.462 e. The van der Waals surface area contributed by atoms with Crippen LogP contribution in [0.15, 0.2) is 0 Å². The molecule has 0 radical (unpaired) electrons. The quantitative estimate of drug-likeness (QED) is 0.757. The highest BCUT2D eigenvalue weighted by Crippen LogP contribution is 2.85. The number of ether oxygens (including phenoxy) is 1. The van der Waals surface area contributed by atoms with Crippen molar-refractivity contribution in [1.82, 2.24) is 0 Å². The second-order valence-corrected chi connectivity index (χ2v) is 10.1. The lowest BCUT2D eigenvalue weighted by Crippen LogP contribution is -2.42. The zero-order valence-corrected chi connectivity index (χ0v) is 16.5. The minimum absolute atomic E-state index is 0.0367. The van der Waals surface area contributed by atoms with Crippen molar-refractivity contribution < 1.29 is 14.6 Å². The van der Waals surface area contributed by atoms with Crippen LogP contribution in [0, 0.1) is 40.4 Å². The summed E-state index contributed by atoms with van der Waals surface area (Å²) in [7, 11) is 0. The molecule has 4 rings (SSSR count). The topological polar surface area (TPSA) is 46.5 Å². The summed E-state index contributed by atoms with van der Waals surface area (Å²) in [6.07, 6.45) is 8.44. The van der Waals surface area contributed by atoms with Gasteiger partial charge in [-0.25, -0.2) is 0 Å². The van der Waals surface area contributed by atoms with E-state index in [1.807, 2.05) is 0 Å². The normalized spacial score (nSPS) is 51.3. The molecule has 1 N–H and O–H groups in total. The minimum atomic E-state index is -0.547. The Kier molecular flexibility index (Phi) is 4.26. The van der Waals surface area contributed by atoms with Gasteiger partial charge < -0.3 is 9.84 Å². The van der Waals surface area contributed by atoms with Gasteiger partial charge in [-0.2, -0.15) is 0 Å². The average molecular weight is 349 g/mol. The van der Waals surface area contributed by atoms with Gasteiger partial charge in [-0.15, -0.1) is 0 Å². The molecular formula is C22H36O3. The lowest BCUT2D eigenvalue weighted by molar-refractivity contribution is -0.170. The first kappa shape index (κ1) is 17.8. The third-order valence-electron chi connectivity index (χ3n) is 8.69. The molecule has 4 saturated carbocycles. The molecule has 25 heavy (non-hydrogen) atoms. The zero-order chi connectivity index (χ0) is 18.0.